The zero-order valence-electron chi connectivity index (χ0n) is 16.7. The number of hydrogen-bond donors (Lipinski definition) is 0. The number of pyridine rings is 1. The number of benzene rings is 1. The molecule has 0 bridgehead atoms. The molecule has 0 radical (unpaired) electrons. The van der Waals surface area contributed by atoms with Crippen molar-refractivity contribution in [2.45, 2.75) is 13.5 Å². The Labute approximate surface area is 175 Å². The van der Waals surface area contributed by atoms with Gasteiger partial charge in [-0.1, -0.05) is 29.8 Å². The highest BCUT2D eigenvalue weighted by molar-refractivity contribution is 6.29. The van der Waals surface area contributed by atoms with Gasteiger partial charge in [-0.05, 0) is 30.7 Å². The molecule has 0 atom stereocenters. The second-order valence-corrected chi connectivity index (χ2v) is 7.13. The van der Waals surface area contributed by atoms with Crippen molar-refractivity contribution in [3.63, 3.8) is 0 Å². The maximum absolute atomic E-state index is 12.0. The van der Waals surface area contributed by atoms with Crippen molar-refractivity contribution in [2.24, 2.45) is 0 Å². The zero-order valence-corrected chi connectivity index (χ0v) is 17.5. The van der Waals surface area contributed by atoms with E-state index in [4.69, 9.17) is 16.3 Å². The van der Waals surface area contributed by atoms with E-state index < -0.39 is 0 Å². The summed E-state index contributed by atoms with van der Waals surface area (Å²) in [7, 11) is 3.46. The number of para-hydroxylation sites is 2. The number of rotatable bonds is 7. The molecule has 2 heterocycles. The van der Waals surface area contributed by atoms with Gasteiger partial charge < -0.3 is 19.4 Å². The Bertz CT molecular complexity index is 903. The standard InChI is InChI=1S/C20H24ClN5O3/c1-4-24(12-15-9-10-19(21)22-11-15)20-17(26(27)28)13-25(14-23(20)2)16-7-5-6-8-18(16)29-3/h5-11H,4,12-14H2,1-3H3. The summed E-state index contributed by atoms with van der Waals surface area (Å²) < 4.78 is 5.44. The highest BCUT2D eigenvalue weighted by atomic mass is 35.5. The SMILES string of the molecule is CCN(Cc1ccc(Cl)nc1)C1=C([N+](=O)[O-])CN(c2ccccc2OC)CN1C. The van der Waals surface area contributed by atoms with E-state index in [1.165, 1.54) is 0 Å². The van der Waals surface area contributed by atoms with Crippen LogP contribution in [-0.2, 0) is 6.54 Å². The van der Waals surface area contributed by atoms with Gasteiger partial charge in [-0.2, -0.15) is 0 Å². The first kappa shape index (κ1) is 20.7. The van der Waals surface area contributed by atoms with Crippen LogP contribution in [0.5, 0.6) is 5.75 Å². The average Bonchev–Trinajstić information content (AvgIpc) is 2.73. The van der Waals surface area contributed by atoms with Gasteiger partial charge in [0.25, 0.3) is 0 Å². The zero-order chi connectivity index (χ0) is 21.0. The van der Waals surface area contributed by atoms with Crippen LogP contribution in [0.25, 0.3) is 0 Å². The van der Waals surface area contributed by atoms with E-state index in [9.17, 15) is 10.1 Å². The van der Waals surface area contributed by atoms with Gasteiger partial charge >= 0.3 is 5.70 Å². The van der Waals surface area contributed by atoms with Gasteiger partial charge in [0.05, 0.1) is 24.4 Å². The summed E-state index contributed by atoms with van der Waals surface area (Å²) in [4.78, 5) is 21.6. The smallest absolute Gasteiger partial charge is 0.305 e. The summed E-state index contributed by atoms with van der Waals surface area (Å²) in [5, 5.41) is 12.4. The molecule has 1 aromatic heterocycles. The third-order valence-electron chi connectivity index (χ3n) is 4.83. The summed E-state index contributed by atoms with van der Waals surface area (Å²) in [5.74, 6) is 1.30. The topological polar surface area (TPSA) is 75.0 Å². The Balaban J connectivity index is 1.94. The lowest BCUT2D eigenvalue weighted by Gasteiger charge is -2.40. The Morgan fingerprint density at radius 1 is 1.31 bits per heavy atom. The minimum absolute atomic E-state index is 0.147. The molecule has 0 saturated heterocycles. The fourth-order valence-electron chi connectivity index (χ4n) is 3.52. The largest absolute Gasteiger partial charge is 0.495 e. The molecule has 3 rings (SSSR count). The van der Waals surface area contributed by atoms with Crippen LogP contribution in [0.4, 0.5) is 5.69 Å². The number of methoxy groups -OCH3 is 1. The first-order valence-corrected chi connectivity index (χ1v) is 9.64. The summed E-state index contributed by atoms with van der Waals surface area (Å²) in [6.45, 7) is 3.79. The van der Waals surface area contributed by atoms with E-state index in [0.29, 0.717) is 36.5 Å². The molecule has 1 aliphatic rings. The number of nitro groups is 1. The van der Waals surface area contributed by atoms with Crippen LogP contribution >= 0.6 is 11.6 Å². The van der Waals surface area contributed by atoms with Gasteiger partial charge in [-0.15, -0.1) is 0 Å². The Hall–Kier alpha value is -3.00. The van der Waals surface area contributed by atoms with Crippen molar-refractivity contribution in [3.05, 3.63) is 74.9 Å². The van der Waals surface area contributed by atoms with Crippen molar-refractivity contribution in [1.82, 2.24) is 14.8 Å². The van der Waals surface area contributed by atoms with E-state index in [-0.39, 0.29) is 17.2 Å². The minimum Gasteiger partial charge on any atom is -0.495 e. The normalized spacial score (nSPS) is 14.2. The second-order valence-electron chi connectivity index (χ2n) is 6.74. The van der Waals surface area contributed by atoms with Crippen molar-refractivity contribution in [3.8, 4) is 5.75 Å². The lowest BCUT2D eigenvalue weighted by Crippen LogP contribution is -2.48. The van der Waals surface area contributed by atoms with Crippen molar-refractivity contribution in [2.75, 3.05) is 38.8 Å². The van der Waals surface area contributed by atoms with Crippen LogP contribution in [0.1, 0.15) is 12.5 Å². The number of aromatic nitrogens is 1. The highest BCUT2D eigenvalue weighted by Gasteiger charge is 2.34. The van der Waals surface area contributed by atoms with Crippen molar-refractivity contribution >= 4 is 17.3 Å². The third-order valence-corrected chi connectivity index (χ3v) is 5.06. The van der Waals surface area contributed by atoms with Crippen LogP contribution < -0.4 is 9.64 Å². The number of ether oxygens (including phenoxy) is 1. The van der Waals surface area contributed by atoms with Gasteiger partial charge in [-0.25, -0.2) is 4.98 Å². The molecule has 8 nitrogen and oxygen atoms in total. The van der Waals surface area contributed by atoms with Crippen LogP contribution in [0.15, 0.2) is 54.1 Å². The number of hydrogen-bond acceptors (Lipinski definition) is 7. The van der Waals surface area contributed by atoms with Gasteiger partial charge in [-0.3, -0.25) is 10.1 Å². The number of halogens is 1. The summed E-state index contributed by atoms with van der Waals surface area (Å²) >= 11 is 5.87. The average molecular weight is 418 g/mol. The van der Waals surface area contributed by atoms with Gasteiger partial charge in [0.2, 0.25) is 0 Å². The molecule has 0 spiro atoms. The predicted molar refractivity (Wildman–Crippen MR) is 112 cm³/mol. The molecule has 1 aliphatic heterocycles. The van der Waals surface area contributed by atoms with E-state index in [2.05, 4.69) is 4.98 Å². The highest BCUT2D eigenvalue weighted by Crippen LogP contribution is 2.32. The monoisotopic (exact) mass is 417 g/mol. The molecular weight excluding hydrogens is 394 g/mol. The summed E-state index contributed by atoms with van der Waals surface area (Å²) in [6, 6.07) is 11.1. The second kappa shape index (κ2) is 9.00. The quantitative estimate of drug-likeness (QED) is 0.388. The van der Waals surface area contributed by atoms with Crippen LogP contribution in [0, 0.1) is 10.1 Å². The van der Waals surface area contributed by atoms with Crippen LogP contribution in [-0.4, -0.2) is 53.6 Å². The van der Waals surface area contributed by atoms with Crippen LogP contribution in [0.2, 0.25) is 5.15 Å². The van der Waals surface area contributed by atoms with Crippen molar-refractivity contribution in [1.29, 1.82) is 0 Å². The first-order chi connectivity index (χ1) is 13.9. The molecule has 1 aromatic carbocycles. The molecule has 0 amide bonds. The third kappa shape index (κ3) is 4.54. The molecule has 0 fully saturated rings. The molecule has 9 heteroatoms. The number of nitrogens with zero attached hydrogens (tertiary/aromatic N) is 5. The molecule has 29 heavy (non-hydrogen) atoms. The molecular formula is C20H24ClN5O3. The van der Waals surface area contributed by atoms with E-state index in [1.807, 2.05) is 59.0 Å². The van der Waals surface area contributed by atoms with Gasteiger partial charge in [0, 0.05) is 26.3 Å². The fraction of sp³-hybridized carbons (Fsp3) is 0.350. The maximum Gasteiger partial charge on any atom is 0.305 e. The maximum atomic E-state index is 12.0. The molecule has 0 aliphatic carbocycles. The molecule has 2 aromatic rings. The molecule has 0 saturated carbocycles. The lowest BCUT2D eigenvalue weighted by atomic mass is 10.2. The molecule has 0 unspecified atom stereocenters. The fourth-order valence-corrected chi connectivity index (χ4v) is 3.63. The van der Waals surface area contributed by atoms with Gasteiger partial charge in [0.15, 0.2) is 5.82 Å². The lowest BCUT2D eigenvalue weighted by molar-refractivity contribution is -0.430. The summed E-state index contributed by atoms with van der Waals surface area (Å²) in [5.41, 5.74) is 1.91. The minimum atomic E-state index is -0.295. The molecule has 0 N–H and O–H groups in total. The van der Waals surface area contributed by atoms with E-state index in [1.54, 1.807) is 19.4 Å². The predicted octanol–water partition coefficient (Wildman–Crippen LogP) is 3.42. The molecule has 154 valence electrons. The Morgan fingerprint density at radius 3 is 2.69 bits per heavy atom. The van der Waals surface area contributed by atoms with Gasteiger partial charge in [0.1, 0.15) is 17.4 Å². The summed E-state index contributed by atoms with van der Waals surface area (Å²) in [6.07, 6.45) is 1.70. The Kier molecular flexibility index (Phi) is 6.43. The number of anilines is 1. The first-order valence-electron chi connectivity index (χ1n) is 9.26. The van der Waals surface area contributed by atoms with Crippen molar-refractivity contribution < 1.29 is 9.66 Å². The van der Waals surface area contributed by atoms with E-state index in [0.717, 1.165) is 11.3 Å². The van der Waals surface area contributed by atoms with Crippen LogP contribution in [0.3, 0.4) is 0 Å². The Morgan fingerprint density at radius 2 is 2.07 bits per heavy atom. The van der Waals surface area contributed by atoms with E-state index >= 15 is 0 Å².